The summed E-state index contributed by atoms with van der Waals surface area (Å²) in [5, 5.41) is 0. The van der Waals surface area contributed by atoms with Crippen LogP contribution < -0.4 is 5.73 Å². The first kappa shape index (κ1) is 11.9. The lowest BCUT2D eigenvalue weighted by molar-refractivity contribution is -0.260. The van der Waals surface area contributed by atoms with Gasteiger partial charge in [0.2, 0.25) is 0 Å². The van der Waals surface area contributed by atoms with E-state index in [1.165, 1.54) is 0 Å². The Kier molecular flexibility index (Phi) is 5.06. The predicted octanol–water partition coefficient (Wildman–Crippen LogP) is 0.381. The molecule has 0 aromatic carbocycles. The third-order valence-corrected chi connectivity index (χ3v) is 1.50. The Morgan fingerprint density at radius 1 is 1.31 bits per heavy atom. The van der Waals surface area contributed by atoms with Crippen molar-refractivity contribution < 1.29 is 19.4 Å². The first-order valence-corrected chi connectivity index (χ1v) is 4.15. The molecule has 1 atom stereocenters. The maximum atomic E-state index is 11.0. The minimum atomic E-state index is -0.760. The van der Waals surface area contributed by atoms with Gasteiger partial charge in [-0.05, 0) is 5.92 Å². The van der Waals surface area contributed by atoms with Gasteiger partial charge in [-0.3, -0.25) is 0 Å². The van der Waals surface area contributed by atoms with Crippen LogP contribution in [0, 0.1) is 5.92 Å². The van der Waals surface area contributed by atoms with Crippen molar-refractivity contribution in [2.45, 2.75) is 33.2 Å². The van der Waals surface area contributed by atoms with Gasteiger partial charge < -0.3 is 5.73 Å². The molecule has 0 spiro atoms. The van der Waals surface area contributed by atoms with Crippen molar-refractivity contribution in [3.63, 3.8) is 0 Å². The summed E-state index contributed by atoms with van der Waals surface area (Å²) in [6.45, 7) is 5.14. The fourth-order valence-corrected chi connectivity index (χ4v) is 0.474. The van der Waals surface area contributed by atoms with E-state index in [9.17, 15) is 9.59 Å². The number of hydrogen-bond acceptors (Lipinski definition) is 5. The standard InChI is InChI=1S/C8H15NO4/c1-4-6(10)12-13-8(11)7(9)5(2)3/h5,7H,4,9H2,1-3H3. The molecule has 0 aliphatic heterocycles. The molecule has 0 aromatic heterocycles. The smallest absolute Gasteiger partial charge is 0.318 e. The highest BCUT2D eigenvalue weighted by Crippen LogP contribution is 2.01. The van der Waals surface area contributed by atoms with Crippen LogP contribution in [0.5, 0.6) is 0 Å². The zero-order chi connectivity index (χ0) is 10.4. The monoisotopic (exact) mass is 189 g/mol. The Bertz CT molecular complexity index is 191. The van der Waals surface area contributed by atoms with E-state index < -0.39 is 18.0 Å². The van der Waals surface area contributed by atoms with Crippen LogP contribution in [0.3, 0.4) is 0 Å². The molecule has 76 valence electrons. The number of carbonyl (C=O) groups excluding carboxylic acids is 2. The SMILES string of the molecule is CCC(=O)OOC(=O)C(N)C(C)C. The highest BCUT2D eigenvalue weighted by molar-refractivity contribution is 5.76. The molecular formula is C8H15NO4. The molecule has 0 amide bonds. The average molecular weight is 189 g/mol. The van der Waals surface area contributed by atoms with E-state index in [0.717, 1.165) is 0 Å². The lowest BCUT2D eigenvalue weighted by Crippen LogP contribution is -2.37. The van der Waals surface area contributed by atoms with Crippen LogP contribution in [0.25, 0.3) is 0 Å². The van der Waals surface area contributed by atoms with Crippen molar-refractivity contribution >= 4 is 11.9 Å². The largest absolute Gasteiger partial charge is 0.372 e. The zero-order valence-electron chi connectivity index (χ0n) is 8.07. The van der Waals surface area contributed by atoms with Gasteiger partial charge in [-0.25, -0.2) is 19.4 Å². The molecule has 0 aliphatic carbocycles. The second-order valence-corrected chi connectivity index (χ2v) is 2.98. The number of hydrogen-bond donors (Lipinski definition) is 1. The molecular weight excluding hydrogens is 174 g/mol. The molecule has 0 saturated carbocycles. The van der Waals surface area contributed by atoms with E-state index in [-0.39, 0.29) is 12.3 Å². The minimum absolute atomic E-state index is 0.0483. The van der Waals surface area contributed by atoms with Gasteiger partial charge in [0.1, 0.15) is 6.04 Å². The molecule has 0 radical (unpaired) electrons. The Labute approximate surface area is 77.1 Å². The second-order valence-electron chi connectivity index (χ2n) is 2.98. The van der Waals surface area contributed by atoms with Crippen molar-refractivity contribution in [3.8, 4) is 0 Å². The van der Waals surface area contributed by atoms with Crippen LogP contribution in [0.4, 0.5) is 0 Å². The topological polar surface area (TPSA) is 78.6 Å². The van der Waals surface area contributed by atoms with Crippen molar-refractivity contribution in [2.75, 3.05) is 0 Å². The van der Waals surface area contributed by atoms with E-state index in [1.807, 2.05) is 0 Å². The number of nitrogens with two attached hydrogens (primary N) is 1. The van der Waals surface area contributed by atoms with Gasteiger partial charge in [0.15, 0.2) is 0 Å². The maximum Gasteiger partial charge on any atom is 0.372 e. The highest BCUT2D eigenvalue weighted by atomic mass is 17.2. The summed E-state index contributed by atoms with van der Waals surface area (Å²) in [5.41, 5.74) is 5.42. The molecule has 0 fully saturated rings. The Morgan fingerprint density at radius 2 is 1.85 bits per heavy atom. The molecule has 0 aliphatic rings. The van der Waals surface area contributed by atoms with Crippen LogP contribution in [-0.4, -0.2) is 18.0 Å². The second kappa shape index (κ2) is 5.53. The molecule has 0 heterocycles. The highest BCUT2D eigenvalue weighted by Gasteiger charge is 2.21. The van der Waals surface area contributed by atoms with Crippen molar-refractivity contribution in [2.24, 2.45) is 11.7 Å². The summed E-state index contributed by atoms with van der Waals surface area (Å²) >= 11 is 0. The van der Waals surface area contributed by atoms with Crippen LogP contribution in [-0.2, 0) is 19.4 Å². The van der Waals surface area contributed by atoms with Crippen LogP contribution in [0.2, 0.25) is 0 Å². The molecule has 1 unspecified atom stereocenters. The molecule has 0 saturated heterocycles. The molecule has 5 heteroatoms. The summed E-state index contributed by atoms with van der Waals surface area (Å²) < 4.78 is 0. The first-order valence-electron chi connectivity index (χ1n) is 4.15. The maximum absolute atomic E-state index is 11.0. The molecule has 0 aromatic rings. The molecule has 5 nitrogen and oxygen atoms in total. The lowest BCUT2D eigenvalue weighted by Gasteiger charge is -2.11. The third kappa shape index (κ3) is 4.47. The average Bonchev–Trinajstić information content (AvgIpc) is 2.11. The quantitative estimate of drug-likeness (QED) is 0.513. The minimum Gasteiger partial charge on any atom is -0.318 e. The summed E-state index contributed by atoms with van der Waals surface area (Å²) in [6.07, 6.45) is 0.157. The first-order chi connectivity index (χ1) is 5.99. The van der Waals surface area contributed by atoms with Gasteiger partial charge in [-0.15, -0.1) is 0 Å². The van der Waals surface area contributed by atoms with Gasteiger partial charge in [-0.1, -0.05) is 20.8 Å². The van der Waals surface area contributed by atoms with Crippen LogP contribution in [0.1, 0.15) is 27.2 Å². The summed E-state index contributed by atoms with van der Waals surface area (Å²) in [5.74, 6) is -1.37. The molecule has 0 bridgehead atoms. The van der Waals surface area contributed by atoms with Gasteiger partial charge in [-0.2, -0.15) is 0 Å². The van der Waals surface area contributed by atoms with Gasteiger partial charge in [0, 0.05) is 6.42 Å². The number of rotatable bonds is 3. The van der Waals surface area contributed by atoms with E-state index >= 15 is 0 Å². The fourth-order valence-electron chi connectivity index (χ4n) is 0.474. The van der Waals surface area contributed by atoms with E-state index in [1.54, 1.807) is 20.8 Å². The molecule has 13 heavy (non-hydrogen) atoms. The third-order valence-electron chi connectivity index (χ3n) is 1.50. The zero-order valence-corrected chi connectivity index (χ0v) is 8.07. The van der Waals surface area contributed by atoms with Gasteiger partial charge in [0.25, 0.3) is 0 Å². The Hall–Kier alpha value is -1.10. The van der Waals surface area contributed by atoms with Gasteiger partial charge >= 0.3 is 11.9 Å². The van der Waals surface area contributed by atoms with Crippen molar-refractivity contribution in [1.82, 2.24) is 0 Å². The summed E-state index contributed by atoms with van der Waals surface area (Å²) in [7, 11) is 0. The number of carbonyl (C=O) groups is 2. The van der Waals surface area contributed by atoms with E-state index in [2.05, 4.69) is 9.78 Å². The van der Waals surface area contributed by atoms with Crippen LogP contribution >= 0.6 is 0 Å². The molecule has 0 rings (SSSR count). The Balaban J connectivity index is 3.81. The normalized spacial score (nSPS) is 12.4. The van der Waals surface area contributed by atoms with Crippen molar-refractivity contribution in [3.05, 3.63) is 0 Å². The van der Waals surface area contributed by atoms with Crippen LogP contribution in [0.15, 0.2) is 0 Å². The lowest BCUT2D eigenvalue weighted by atomic mass is 10.1. The van der Waals surface area contributed by atoms with E-state index in [0.29, 0.717) is 0 Å². The van der Waals surface area contributed by atoms with E-state index in [4.69, 9.17) is 5.73 Å². The fraction of sp³-hybridized carbons (Fsp3) is 0.750. The van der Waals surface area contributed by atoms with Gasteiger partial charge in [0.05, 0.1) is 0 Å². The van der Waals surface area contributed by atoms with Crippen molar-refractivity contribution in [1.29, 1.82) is 0 Å². The summed E-state index contributed by atoms with van der Waals surface area (Å²) in [6, 6.07) is -0.760. The summed E-state index contributed by atoms with van der Waals surface area (Å²) in [4.78, 5) is 29.9. The Morgan fingerprint density at radius 3 is 2.23 bits per heavy atom. The molecule has 2 N–H and O–H groups in total. The predicted molar refractivity (Wildman–Crippen MR) is 45.3 cm³/mol.